The Balaban J connectivity index is 1.88. The fourth-order valence-corrected chi connectivity index (χ4v) is 4.12. The topological polar surface area (TPSA) is 17.1 Å². The molecule has 132 valence electrons. The van der Waals surface area contributed by atoms with Crippen LogP contribution in [0.3, 0.4) is 0 Å². The Morgan fingerprint density at radius 2 is 1.56 bits per heavy atom. The van der Waals surface area contributed by atoms with E-state index >= 15 is 0 Å². The highest BCUT2D eigenvalue weighted by Gasteiger charge is 2.37. The summed E-state index contributed by atoms with van der Waals surface area (Å²) in [6.45, 7) is 9.36. The predicted octanol–water partition coefficient (Wildman–Crippen LogP) is 5.95. The molecule has 0 radical (unpaired) electrons. The minimum absolute atomic E-state index is 0.0219. The van der Waals surface area contributed by atoms with Crippen LogP contribution in [0.15, 0.2) is 48.5 Å². The van der Waals surface area contributed by atoms with Crippen molar-refractivity contribution in [2.45, 2.75) is 70.1 Å². The van der Waals surface area contributed by atoms with Gasteiger partial charge in [-0.1, -0.05) is 76.2 Å². The van der Waals surface area contributed by atoms with Gasteiger partial charge in [-0.05, 0) is 58.8 Å². The highest BCUT2D eigenvalue weighted by Crippen LogP contribution is 2.46. The molecule has 1 aliphatic carbocycles. The first-order chi connectivity index (χ1) is 11.8. The number of carbonyl (C=O) groups excluding carboxylic acids is 1. The van der Waals surface area contributed by atoms with E-state index in [2.05, 4.69) is 70.2 Å². The molecule has 0 amide bonds. The Morgan fingerprint density at radius 1 is 0.920 bits per heavy atom. The highest BCUT2D eigenvalue weighted by molar-refractivity contribution is 5.63. The van der Waals surface area contributed by atoms with Crippen LogP contribution in [-0.4, -0.2) is 6.29 Å². The third-order valence-corrected chi connectivity index (χ3v) is 6.06. The second-order valence-electron chi connectivity index (χ2n) is 8.84. The van der Waals surface area contributed by atoms with E-state index < -0.39 is 0 Å². The second-order valence-corrected chi connectivity index (χ2v) is 8.84. The van der Waals surface area contributed by atoms with E-state index in [1.54, 1.807) is 0 Å². The van der Waals surface area contributed by atoms with Crippen LogP contribution in [0.25, 0.3) is 0 Å². The first kappa shape index (κ1) is 17.9. The zero-order valence-corrected chi connectivity index (χ0v) is 16.0. The summed E-state index contributed by atoms with van der Waals surface area (Å²) in [6, 6.07) is 17.2. The molecule has 0 N–H and O–H groups in total. The van der Waals surface area contributed by atoms with Crippen molar-refractivity contribution in [1.82, 2.24) is 0 Å². The van der Waals surface area contributed by atoms with Crippen molar-refractivity contribution in [3.63, 3.8) is 0 Å². The van der Waals surface area contributed by atoms with Gasteiger partial charge >= 0.3 is 0 Å². The van der Waals surface area contributed by atoms with Gasteiger partial charge in [-0.25, -0.2) is 0 Å². The maximum absolute atomic E-state index is 11.8. The van der Waals surface area contributed by atoms with Crippen molar-refractivity contribution in [2.75, 3.05) is 0 Å². The maximum atomic E-state index is 11.8. The Labute approximate surface area is 152 Å². The molecule has 0 heterocycles. The van der Waals surface area contributed by atoms with E-state index in [1.165, 1.54) is 35.1 Å². The lowest BCUT2D eigenvalue weighted by Crippen LogP contribution is -2.34. The number of fused-ring (bicyclic) bond motifs is 1. The van der Waals surface area contributed by atoms with Crippen molar-refractivity contribution in [3.8, 4) is 0 Å². The van der Waals surface area contributed by atoms with E-state index in [-0.39, 0.29) is 16.7 Å². The SMILES string of the molecule is CC1(C)CCC(C)(C)c2cc([C@@H](C=O)CCc3ccccc3)ccc21. The van der Waals surface area contributed by atoms with Crippen LogP contribution < -0.4 is 0 Å². The minimum Gasteiger partial charge on any atom is -0.303 e. The van der Waals surface area contributed by atoms with E-state index in [1.807, 2.05) is 6.07 Å². The molecule has 1 heteroatoms. The number of carbonyl (C=O) groups is 1. The van der Waals surface area contributed by atoms with E-state index in [0.29, 0.717) is 0 Å². The van der Waals surface area contributed by atoms with Gasteiger partial charge in [0.05, 0.1) is 0 Å². The molecule has 1 nitrogen and oxygen atoms in total. The van der Waals surface area contributed by atoms with Crippen molar-refractivity contribution in [1.29, 1.82) is 0 Å². The summed E-state index contributed by atoms with van der Waals surface area (Å²) < 4.78 is 0. The zero-order chi connectivity index (χ0) is 18.1. The third-order valence-electron chi connectivity index (χ3n) is 6.06. The van der Waals surface area contributed by atoms with Gasteiger partial charge in [-0.3, -0.25) is 0 Å². The molecule has 0 fully saturated rings. The molecule has 1 aliphatic rings. The molecule has 0 spiro atoms. The first-order valence-corrected chi connectivity index (χ1v) is 9.48. The molecule has 0 saturated carbocycles. The predicted molar refractivity (Wildman–Crippen MR) is 105 cm³/mol. The lowest BCUT2D eigenvalue weighted by molar-refractivity contribution is -0.109. The van der Waals surface area contributed by atoms with Crippen LogP contribution in [0.1, 0.15) is 75.1 Å². The fraction of sp³-hybridized carbons (Fsp3) is 0.458. The first-order valence-electron chi connectivity index (χ1n) is 9.48. The van der Waals surface area contributed by atoms with Gasteiger partial charge < -0.3 is 4.79 Å². The Bertz CT molecular complexity index is 740. The summed E-state index contributed by atoms with van der Waals surface area (Å²) in [7, 11) is 0. The lowest BCUT2D eigenvalue weighted by atomic mass is 9.62. The summed E-state index contributed by atoms with van der Waals surface area (Å²) in [6.07, 6.45) is 5.36. The standard InChI is InChI=1S/C24H30O/c1-23(2)14-15-24(3,4)22-16-19(12-13-21(22)23)20(17-25)11-10-18-8-6-5-7-9-18/h5-9,12-13,16-17,20H,10-11,14-15H2,1-4H3/t20-/m1/s1. The van der Waals surface area contributed by atoms with E-state index in [4.69, 9.17) is 0 Å². The Morgan fingerprint density at radius 3 is 2.20 bits per heavy atom. The summed E-state index contributed by atoms with van der Waals surface area (Å²) >= 11 is 0. The molecule has 1 atom stereocenters. The van der Waals surface area contributed by atoms with E-state index in [0.717, 1.165) is 19.1 Å². The molecule has 0 bridgehead atoms. The third kappa shape index (κ3) is 3.71. The van der Waals surface area contributed by atoms with Gasteiger partial charge in [0, 0.05) is 5.92 Å². The van der Waals surface area contributed by atoms with Crippen LogP contribution in [-0.2, 0) is 22.0 Å². The molecule has 0 aliphatic heterocycles. The van der Waals surface area contributed by atoms with Gasteiger partial charge in [-0.15, -0.1) is 0 Å². The van der Waals surface area contributed by atoms with Crippen molar-refractivity contribution < 1.29 is 4.79 Å². The Hall–Kier alpha value is -1.89. The van der Waals surface area contributed by atoms with Gasteiger partial charge in [0.25, 0.3) is 0 Å². The quantitative estimate of drug-likeness (QED) is 0.617. The van der Waals surface area contributed by atoms with Crippen molar-refractivity contribution in [3.05, 3.63) is 70.8 Å². The van der Waals surface area contributed by atoms with Gasteiger partial charge in [0.1, 0.15) is 6.29 Å². The molecular formula is C24H30O. The van der Waals surface area contributed by atoms with Gasteiger partial charge in [-0.2, -0.15) is 0 Å². The average molecular weight is 335 g/mol. The fourth-order valence-electron chi connectivity index (χ4n) is 4.12. The lowest BCUT2D eigenvalue weighted by Gasteiger charge is -2.42. The molecule has 2 aromatic rings. The summed E-state index contributed by atoms with van der Waals surface area (Å²) in [5.74, 6) is -0.0219. The summed E-state index contributed by atoms with van der Waals surface area (Å²) in [5, 5.41) is 0. The van der Waals surface area contributed by atoms with Gasteiger partial charge in [0.2, 0.25) is 0 Å². The molecular weight excluding hydrogens is 304 g/mol. The largest absolute Gasteiger partial charge is 0.303 e. The van der Waals surface area contributed by atoms with Crippen LogP contribution >= 0.6 is 0 Å². The van der Waals surface area contributed by atoms with E-state index in [9.17, 15) is 4.79 Å². The summed E-state index contributed by atoms with van der Waals surface area (Å²) in [4.78, 5) is 11.8. The molecule has 3 rings (SSSR count). The molecule has 0 unspecified atom stereocenters. The zero-order valence-electron chi connectivity index (χ0n) is 16.0. The molecule has 2 aromatic carbocycles. The monoisotopic (exact) mass is 334 g/mol. The number of hydrogen-bond donors (Lipinski definition) is 0. The maximum Gasteiger partial charge on any atom is 0.127 e. The minimum atomic E-state index is -0.0219. The van der Waals surface area contributed by atoms with Crippen molar-refractivity contribution in [2.24, 2.45) is 0 Å². The van der Waals surface area contributed by atoms with Crippen LogP contribution in [0.5, 0.6) is 0 Å². The Kier molecular flexibility index (Phi) is 4.86. The smallest absolute Gasteiger partial charge is 0.127 e. The number of hydrogen-bond acceptors (Lipinski definition) is 1. The van der Waals surface area contributed by atoms with Crippen LogP contribution in [0.2, 0.25) is 0 Å². The van der Waals surface area contributed by atoms with Crippen LogP contribution in [0, 0.1) is 0 Å². The molecule has 25 heavy (non-hydrogen) atoms. The molecule has 0 saturated heterocycles. The normalized spacial score (nSPS) is 19.0. The van der Waals surface area contributed by atoms with Gasteiger partial charge in [0.15, 0.2) is 0 Å². The highest BCUT2D eigenvalue weighted by atomic mass is 16.1. The molecule has 0 aromatic heterocycles. The number of aryl methyl sites for hydroxylation is 1. The number of benzene rings is 2. The summed E-state index contributed by atoms with van der Waals surface area (Å²) in [5.41, 5.74) is 5.79. The van der Waals surface area contributed by atoms with Crippen LogP contribution in [0.4, 0.5) is 0 Å². The number of aldehydes is 1. The number of rotatable bonds is 5. The second kappa shape index (κ2) is 6.78. The van der Waals surface area contributed by atoms with Crippen molar-refractivity contribution >= 4 is 6.29 Å². The average Bonchev–Trinajstić information content (AvgIpc) is 2.60.